The molecule has 0 unspecified atom stereocenters. The van der Waals surface area contributed by atoms with Gasteiger partial charge in [0.2, 0.25) is 0 Å². The molecule has 18 heavy (non-hydrogen) atoms. The topological polar surface area (TPSA) is 49.5 Å². The molecule has 4 nitrogen and oxygen atoms in total. The van der Waals surface area contributed by atoms with Gasteiger partial charge in [0, 0.05) is 12.1 Å². The van der Waals surface area contributed by atoms with Crippen molar-refractivity contribution in [2.75, 3.05) is 11.4 Å². The maximum atomic E-state index is 13.1. The first-order valence-corrected chi connectivity index (χ1v) is 5.77. The number of pyridine rings is 1. The van der Waals surface area contributed by atoms with E-state index in [4.69, 9.17) is 4.42 Å². The lowest BCUT2D eigenvalue weighted by molar-refractivity contribution is 0.280. The second-order valence-electron chi connectivity index (χ2n) is 3.89. The minimum Gasteiger partial charge on any atom is -0.467 e. The molecule has 0 spiro atoms. The highest BCUT2D eigenvalue weighted by atomic mass is 19.1. The SMILES string of the molecule is CCN(Cc1ccco1)c1ncc(F)cc1CO. The van der Waals surface area contributed by atoms with Crippen molar-refractivity contribution in [2.24, 2.45) is 0 Å². The molecule has 2 aromatic rings. The predicted octanol–water partition coefficient (Wildman–Crippen LogP) is 2.33. The highest BCUT2D eigenvalue weighted by Gasteiger charge is 2.13. The molecular weight excluding hydrogens is 235 g/mol. The molecule has 2 aromatic heterocycles. The van der Waals surface area contributed by atoms with E-state index in [-0.39, 0.29) is 6.61 Å². The number of hydrogen-bond acceptors (Lipinski definition) is 4. The summed E-state index contributed by atoms with van der Waals surface area (Å²) < 4.78 is 18.3. The fraction of sp³-hybridized carbons (Fsp3) is 0.308. The molecule has 0 saturated carbocycles. The molecule has 2 rings (SSSR count). The second-order valence-corrected chi connectivity index (χ2v) is 3.89. The third-order valence-corrected chi connectivity index (χ3v) is 2.69. The Morgan fingerprint density at radius 3 is 2.94 bits per heavy atom. The van der Waals surface area contributed by atoms with Gasteiger partial charge >= 0.3 is 0 Å². The molecule has 0 amide bonds. The van der Waals surface area contributed by atoms with Gasteiger partial charge in [-0.1, -0.05) is 0 Å². The number of furan rings is 1. The average Bonchev–Trinajstić information content (AvgIpc) is 2.89. The normalized spacial score (nSPS) is 10.6. The van der Waals surface area contributed by atoms with Crippen LogP contribution in [0.15, 0.2) is 35.1 Å². The Morgan fingerprint density at radius 2 is 2.33 bits per heavy atom. The van der Waals surface area contributed by atoms with Crippen molar-refractivity contribution in [1.82, 2.24) is 4.98 Å². The van der Waals surface area contributed by atoms with Crippen molar-refractivity contribution in [3.05, 3.63) is 47.8 Å². The van der Waals surface area contributed by atoms with Crippen LogP contribution in [0.3, 0.4) is 0 Å². The van der Waals surface area contributed by atoms with Gasteiger partial charge in [-0.3, -0.25) is 0 Å². The van der Waals surface area contributed by atoms with E-state index in [0.29, 0.717) is 24.5 Å². The van der Waals surface area contributed by atoms with Crippen molar-refractivity contribution in [3.8, 4) is 0 Å². The van der Waals surface area contributed by atoms with E-state index in [1.165, 1.54) is 6.07 Å². The van der Waals surface area contributed by atoms with E-state index in [1.54, 1.807) is 6.26 Å². The average molecular weight is 250 g/mol. The van der Waals surface area contributed by atoms with Crippen LogP contribution >= 0.6 is 0 Å². The lowest BCUT2D eigenvalue weighted by atomic mass is 10.2. The van der Waals surface area contributed by atoms with Crippen molar-refractivity contribution in [3.63, 3.8) is 0 Å². The van der Waals surface area contributed by atoms with Gasteiger partial charge in [-0.15, -0.1) is 0 Å². The van der Waals surface area contributed by atoms with Crippen LogP contribution in [0.5, 0.6) is 0 Å². The third kappa shape index (κ3) is 2.68. The zero-order chi connectivity index (χ0) is 13.0. The van der Waals surface area contributed by atoms with Crippen molar-refractivity contribution < 1.29 is 13.9 Å². The minimum absolute atomic E-state index is 0.241. The smallest absolute Gasteiger partial charge is 0.142 e. The van der Waals surface area contributed by atoms with Gasteiger partial charge in [0.15, 0.2) is 0 Å². The van der Waals surface area contributed by atoms with Crippen LogP contribution in [0.2, 0.25) is 0 Å². The van der Waals surface area contributed by atoms with Crippen LogP contribution in [0, 0.1) is 5.82 Å². The van der Waals surface area contributed by atoms with E-state index < -0.39 is 5.82 Å². The summed E-state index contributed by atoms with van der Waals surface area (Å²) in [5, 5.41) is 9.26. The van der Waals surface area contributed by atoms with E-state index in [1.807, 2.05) is 24.0 Å². The molecule has 0 atom stereocenters. The van der Waals surface area contributed by atoms with Crippen LogP contribution in [0.4, 0.5) is 10.2 Å². The summed E-state index contributed by atoms with van der Waals surface area (Å²) in [5.41, 5.74) is 0.475. The first-order valence-electron chi connectivity index (χ1n) is 5.77. The Labute approximate surface area is 105 Å². The monoisotopic (exact) mass is 250 g/mol. The quantitative estimate of drug-likeness (QED) is 0.884. The Balaban J connectivity index is 2.26. The molecule has 0 fully saturated rings. The molecule has 0 bridgehead atoms. The van der Waals surface area contributed by atoms with Gasteiger partial charge in [-0.05, 0) is 25.1 Å². The molecule has 0 aliphatic heterocycles. The molecule has 0 radical (unpaired) electrons. The maximum absolute atomic E-state index is 13.1. The largest absolute Gasteiger partial charge is 0.467 e. The summed E-state index contributed by atoms with van der Waals surface area (Å²) in [6.45, 7) is 2.95. The number of rotatable bonds is 5. The van der Waals surface area contributed by atoms with E-state index in [9.17, 15) is 9.50 Å². The molecule has 2 heterocycles. The molecule has 0 saturated heterocycles. The maximum Gasteiger partial charge on any atom is 0.142 e. The van der Waals surface area contributed by atoms with Gasteiger partial charge in [-0.25, -0.2) is 9.37 Å². The van der Waals surface area contributed by atoms with E-state index in [2.05, 4.69) is 4.98 Å². The molecular formula is C13H15FN2O2. The summed E-state index contributed by atoms with van der Waals surface area (Å²) in [4.78, 5) is 5.97. The fourth-order valence-electron chi connectivity index (χ4n) is 1.80. The highest BCUT2D eigenvalue weighted by Crippen LogP contribution is 2.20. The Hall–Kier alpha value is -1.88. The Morgan fingerprint density at radius 1 is 1.50 bits per heavy atom. The lowest BCUT2D eigenvalue weighted by Crippen LogP contribution is -2.24. The summed E-state index contributed by atoms with van der Waals surface area (Å²) in [5.74, 6) is 0.932. The summed E-state index contributed by atoms with van der Waals surface area (Å²) in [7, 11) is 0. The number of halogens is 1. The van der Waals surface area contributed by atoms with Crippen LogP contribution < -0.4 is 4.90 Å². The zero-order valence-corrected chi connectivity index (χ0v) is 10.1. The van der Waals surface area contributed by atoms with Gasteiger partial charge < -0.3 is 14.4 Å². The summed E-state index contributed by atoms with van der Waals surface area (Å²) >= 11 is 0. The van der Waals surface area contributed by atoms with E-state index in [0.717, 1.165) is 12.0 Å². The minimum atomic E-state index is -0.447. The number of aliphatic hydroxyl groups excluding tert-OH is 1. The van der Waals surface area contributed by atoms with Gasteiger partial charge in [0.1, 0.15) is 17.4 Å². The summed E-state index contributed by atoms with van der Waals surface area (Å²) in [6, 6.07) is 4.98. The van der Waals surface area contributed by atoms with Crippen LogP contribution in [-0.4, -0.2) is 16.6 Å². The predicted molar refractivity (Wildman–Crippen MR) is 65.5 cm³/mol. The lowest BCUT2D eigenvalue weighted by Gasteiger charge is -2.22. The van der Waals surface area contributed by atoms with Crippen LogP contribution in [0.25, 0.3) is 0 Å². The summed E-state index contributed by atoms with van der Waals surface area (Å²) in [6.07, 6.45) is 2.76. The third-order valence-electron chi connectivity index (χ3n) is 2.69. The molecule has 1 N–H and O–H groups in total. The van der Waals surface area contributed by atoms with Gasteiger partial charge in [0.25, 0.3) is 0 Å². The standard InChI is InChI=1S/C13H15FN2O2/c1-2-16(8-12-4-3-5-18-12)13-10(9-17)6-11(14)7-15-13/h3-7,17H,2,8-9H2,1H3. The highest BCUT2D eigenvalue weighted by molar-refractivity contribution is 5.46. The molecule has 0 aliphatic rings. The second kappa shape index (κ2) is 5.64. The number of hydrogen-bond donors (Lipinski definition) is 1. The van der Waals surface area contributed by atoms with E-state index >= 15 is 0 Å². The van der Waals surface area contributed by atoms with Crippen LogP contribution in [0.1, 0.15) is 18.2 Å². The Bertz CT molecular complexity index is 500. The molecule has 96 valence electrons. The number of aliphatic hydroxyl groups is 1. The fourth-order valence-corrected chi connectivity index (χ4v) is 1.80. The molecule has 0 aliphatic carbocycles. The zero-order valence-electron chi connectivity index (χ0n) is 10.1. The first-order chi connectivity index (χ1) is 8.74. The van der Waals surface area contributed by atoms with Crippen molar-refractivity contribution in [1.29, 1.82) is 0 Å². The van der Waals surface area contributed by atoms with Crippen LogP contribution in [-0.2, 0) is 13.2 Å². The van der Waals surface area contributed by atoms with Gasteiger partial charge in [0.05, 0.1) is 25.6 Å². The van der Waals surface area contributed by atoms with Gasteiger partial charge in [-0.2, -0.15) is 0 Å². The van der Waals surface area contributed by atoms with Crippen molar-refractivity contribution in [2.45, 2.75) is 20.1 Å². The van der Waals surface area contributed by atoms with Crippen molar-refractivity contribution >= 4 is 5.82 Å². The number of anilines is 1. The molecule has 0 aromatic carbocycles. The number of nitrogens with zero attached hydrogens (tertiary/aromatic N) is 2. The number of aromatic nitrogens is 1. The first kappa shape index (κ1) is 12.6. The Kier molecular flexibility index (Phi) is 3.94. The molecule has 5 heteroatoms.